The van der Waals surface area contributed by atoms with E-state index in [2.05, 4.69) is 51.9 Å². The Bertz CT molecular complexity index is 248. The minimum atomic E-state index is 0.0975. The molecule has 0 bridgehead atoms. The largest absolute Gasteiger partial charge is 0.356 e. The lowest BCUT2D eigenvalue weighted by Crippen LogP contribution is -2.50. The van der Waals surface area contributed by atoms with Crippen molar-refractivity contribution < 1.29 is 4.79 Å². The van der Waals surface area contributed by atoms with Crippen LogP contribution in [0.15, 0.2) is 0 Å². The lowest BCUT2D eigenvalue weighted by molar-refractivity contribution is -0.122. The Hall–Kier alpha value is -0.610. The summed E-state index contributed by atoms with van der Waals surface area (Å²) in [5.74, 6) is 0.0975. The highest BCUT2D eigenvalue weighted by molar-refractivity contribution is 5.76. The van der Waals surface area contributed by atoms with E-state index in [0.717, 1.165) is 13.0 Å². The van der Waals surface area contributed by atoms with Gasteiger partial charge in [-0.3, -0.25) is 9.69 Å². The molecule has 0 aromatic rings. The molecule has 0 aliphatic rings. The molecule has 0 aliphatic heterocycles. The van der Waals surface area contributed by atoms with Gasteiger partial charge in [-0.25, -0.2) is 0 Å². The van der Waals surface area contributed by atoms with Crippen LogP contribution in [0.3, 0.4) is 0 Å². The summed E-state index contributed by atoms with van der Waals surface area (Å²) in [5.41, 5.74) is 5.99. The first-order valence-electron chi connectivity index (χ1n) is 6.92. The van der Waals surface area contributed by atoms with Gasteiger partial charge in [0.2, 0.25) is 5.91 Å². The van der Waals surface area contributed by atoms with Crippen molar-refractivity contribution in [3.63, 3.8) is 0 Å². The summed E-state index contributed by atoms with van der Waals surface area (Å²) in [6, 6.07) is 0.487. The maximum absolute atomic E-state index is 11.8. The number of likely N-dealkylation sites (N-methyl/N-ethyl adjacent to an activating group) is 1. The van der Waals surface area contributed by atoms with Crippen LogP contribution >= 0.6 is 0 Å². The average molecular weight is 257 g/mol. The molecule has 4 heteroatoms. The molecule has 0 heterocycles. The minimum absolute atomic E-state index is 0.0975. The molecule has 108 valence electrons. The predicted octanol–water partition coefficient (Wildman–Crippen LogP) is 1.60. The molecule has 0 spiro atoms. The van der Waals surface area contributed by atoms with E-state index < -0.39 is 0 Å². The van der Waals surface area contributed by atoms with Gasteiger partial charge in [0.15, 0.2) is 0 Å². The van der Waals surface area contributed by atoms with Crippen molar-refractivity contribution in [2.45, 2.75) is 59.5 Å². The summed E-state index contributed by atoms with van der Waals surface area (Å²) in [4.78, 5) is 14.0. The number of hydrogen-bond acceptors (Lipinski definition) is 3. The predicted molar refractivity (Wildman–Crippen MR) is 77.4 cm³/mol. The zero-order valence-corrected chi connectivity index (χ0v) is 12.9. The van der Waals surface area contributed by atoms with Crippen LogP contribution in [0, 0.1) is 5.41 Å². The molecule has 0 fully saturated rings. The van der Waals surface area contributed by atoms with E-state index in [1.807, 2.05) is 0 Å². The van der Waals surface area contributed by atoms with Crippen LogP contribution in [0.1, 0.15) is 47.5 Å². The van der Waals surface area contributed by atoms with Crippen molar-refractivity contribution in [1.29, 1.82) is 0 Å². The molecule has 3 N–H and O–H groups in total. The number of rotatable bonds is 7. The number of carbonyl (C=O) groups is 1. The van der Waals surface area contributed by atoms with Crippen LogP contribution in [-0.2, 0) is 4.79 Å². The van der Waals surface area contributed by atoms with Gasteiger partial charge in [-0.1, -0.05) is 27.7 Å². The van der Waals surface area contributed by atoms with Crippen LogP contribution in [0.2, 0.25) is 0 Å². The molecule has 2 unspecified atom stereocenters. The highest BCUT2D eigenvalue weighted by atomic mass is 16.1. The molecule has 1 amide bonds. The van der Waals surface area contributed by atoms with Gasteiger partial charge >= 0.3 is 0 Å². The third-order valence-electron chi connectivity index (χ3n) is 3.71. The quantitative estimate of drug-likeness (QED) is 0.728. The Morgan fingerprint density at radius 2 is 1.94 bits per heavy atom. The second-order valence-corrected chi connectivity index (χ2v) is 6.15. The summed E-state index contributed by atoms with van der Waals surface area (Å²) in [5, 5.41) is 2.91. The summed E-state index contributed by atoms with van der Waals surface area (Å²) in [7, 11) is 2.06. The van der Waals surface area contributed by atoms with Crippen LogP contribution in [-0.4, -0.2) is 43.0 Å². The molecule has 4 nitrogen and oxygen atoms in total. The molecular weight excluding hydrogens is 226 g/mol. The van der Waals surface area contributed by atoms with Crippen molar-refractivity contribution in [3.8, 4) is 0 Å². The van der Waals surface area contributed by atoms with Gasteiger partial charge in [0.05, 0.1) is 0 Å². The van der Waals surface area contributed by atoms with Crippen LogP contribution in [0.25, 0.3) is 0 Å². The summed E-state index contributed by atoms with van der Waals surface area (Å²) < 4.78 is 0. The standard InChI is InChI=1S/C14H31N3O/c1-7-8-16-13(18)9-12(10-15)17(6)11(2)14(3,4)5/h11-12H,7-10,15H2,1-6H3,(H,16,18). The van der Waals surface area contributed by atoms with E-state index >= 15 is 0 Å². The lowest BCUT2D eigenvalue weighted by Gasteiger charge is -2.39. The Labute approximate surface area is 112 Å². The van der Waals surface area contributed by atoms with Crippen LogP contribution in [0.5, 0.6) is 0 Å². The van der Waals surface area contributed by atoms with E-state index in [-0.39, 0.29) is 17.4 Å². The molecule has 0 radical (unpaired) electrons. The van der Waals surface area contributed by atoms with Gasteiger partial charge in [0, 0.05) is 31.6 Å². The van der Waals surface area contributed by atoms with E-state index in [1.54, 1.807) is 0 Å². The molecule has 0 aromatic carbocycles. The Morgan fingerprint density at radius 3 is 2.33 bits per heavy atom. The van der Waals surface area contributed by atoms with E-state index in [9.17, 15) is 4.79 Å². The van der Waals surface area contributed by atoms with Gasteiger partial charge in [-0.2, -0.15) is 0 Å². The highest BCUT2D eigenvalue weighted by Crippen LogP contribution is 2.24. The fourth-order valence-corrected chi connectivity index (χ4v) is 1.87. The normalized spacial score (nSPS) is 15.6. The second kappa shape index (κ2) is 7.74. The number of amides is 1. The number of hydrogen-bond donors (Lipinski definition) is 2. The van der Waals surface area contributed by atoms with Gasteiger partial charge in [0.25, 0.3) is 0 Å². The zero-order valence-electron chi connectivity index (χ0n) is 12.9. The number of carbonyl (C=O) groups excluding carboxylic acids is 1. The van der Waals surface area contributed by atoms with Crippen molar-refractivity contribution in [2.24, 2.45) is 11.1 Å². The molecular formula is C14H31N3O. The van der Waals surface area contributed by atoms with E-state index in [1.165, 1.54) is 0 Å². The number of nitrogens with zero attached hydrogens (tertiary/aromatic N) is 1. The topological polar surface area (TPSA) is 58.4 Å². The first-order chi connectivity index (χ1) is 8.23. The smallest absolute Gasteiger partial charge is 0.221 e. The van der Waals surface area contributed by atoms with Crippen molar-refractivity contribution in [3.05, 3.63) is 0 Å². The fourth-order valence-electron chi connectivity index (χ4n) is 1.87. The van der Waals surface area contributed by atoms with E-state index in [4.69, 9.17) is 5.73 Å². The Morgan fingerprint density at radius 1 is 1.39 bits per heavy atom. The molecule has 0 aliphatic carbocycles. The fraction of sp³-hybridized carbons (Fsp3) is 0.929. The molecule has 0 aromatic heterocycles. The lowest BCUT2D eigenvalue weighted by atomic mass is 9.86. The zero-order chi connectivity index (χ0) is 14.3. The summed E-state index contributed by atoms with van der Waals surface area (Å²) in [6.45, 7) is 12.1. The minimum Gasteiger partial charge on any atom is -0.356 e. The van der Waals surface area contributed by atoms with Crippen LogP contribution in [0.4, 0.5) is 0 Å². The monoisotopic (exact) mass is 257 g/mol. The third kappa shape index (κ3) is 5.83. The van der Waals surface area contributed by atoms with Gasteiger partial charge < -0.3 is 11.1 Å². The third-order valence-corrected chi connectivity index (χ3v) is 3.71. The summed E-state index contributed by atoms with van der Waals surface area (Å²) in [6.07, 6.45) is 1.45. The van der Waals surface area contributed by atoms with Gasteiger partial charge in [0.1, 0.15) is 0 Å². The molecule has 18 heavy (non-hydrogen) atoms. The first kappa shape index (κ1) is 17.4. The highest BCUT2D eigenvalue weighted by Gasteiger charge is 2.28. The Balaban J connectivity index is 4.44. The molecule has 0 saturated heterocycles. The number of nitrogens with two attached hydrogens (primary N) is 1. The maximum Gasteiger partial charge on any atom is 0.221 e. The van der Waals surface area contributed by atoms with Crippen molar-refractivity contribution in [2.75, 3.05) is 20.1 Å². The van der Waals surface area contributed by atoms with Gasteiger partial charge in [-0.05, 0) is 25.8 Å². The molecule has 0 rings (SSSR count). The van der Waals surface area contributed by atoms with Crippen molar-refractivity contribution in [1.82, 2.24) is 10.2 Å². The summed E-state index contributed by atoms with van der Waals surface area (Å²) >= 11 is 0. The SMILES string of the molecule is CCCNC(=O)CC(CN)N(C)C(C)C(C)(C)C. The first-order valence-corrected chi connectivity index (χ1v) is 6.92. The number of nitrogens with one attached hydrogen (secondary N) is 1. The van der Waals surface area contributed by atoms with Gasteiger partial charge in [-0.15, -0.1) is 0 Å². The van der Waals surface area contributed by atoms with E-state index in [0.29, 0.717) is 19.0 Å². The molecule has 2 atom stereocenters. The van der Waals surface area contributed by atoms with Crippen LogP contribution < -0.4 is 11.1 Å². The Kier molecular flexibility index (Phi) is 7.48. The maximum atomic E-state index is 11.8. The average Bonchev–Trinajstić information content (AvgIpc) is 2.30. The second-order valence-electron chi connectivity index (χ2n) is 6.15. The van der Waals surface area contributed by atoms with Crippen molar-refractivity contribution >= 4 is 5.91 Å². The molecule has 0 saturated carbocycles.